The molecule has 4 aromatic rings. The van der Waals surface area contributed by atoms with Gasteiger partial charge in [0.25, 0.3) is 0 Å². The van der Waals surface area contributed by atoms with Crippen LogP contribution in [0.1, 0.15) is 47.2 Å². The molecule has 0 aromatic heterocycles. The molecule has 0 unspecified atom stereocenters. The van der Waals surface area contributed by atoms with Crippen LogP contribution in [-0.2, 0) is 14.2 Å². The summed E-state index contributed by atoms with van der Waals surface area (Å²) in [5.41, 5.74) is 5.26. The number of alkyl halides is 1. The van der Waals surface area contributed by atoms with E-state index in [-0.39, 0.29) is 12.1 Å². The summed E-state index contributed by atoms with van der Waals surface area (Å²) in [5, 5.41) is 9.52. The molecule has 47 heavy (non-hydrogen) atoms. The Balaban J connectivity index is 0.000000185. The molecule has 7 heteroatoms. The van der Waals surface area contributed by atoms with Crippen LogP contribution in [0.4, 0.5) is 0 Å². The number of hydrogen-bond acceptors (Lipinski definition) is 6. The van der Waals surface area contributed by atoms with E-state index in [1.807, 2.05) is 12.1 Å². The molecule has 1 N–H and O–H groups in total. The van der Waals surface area contributed by atoms with Gasteiger partial charge in [-0.15, -0.1) is 11.6 Å². The first-order chi connectivity index (χ1) is 23.1. The van der Waals surface area contributed by atoms with Crippen molar-refractivity contribution in [2.45, 2.75) is 37.1 Å². The third kappa shape index (κ3) is 11.8. The van der Waals surface area contributed by atoms with Gasteiger partial charge >= 0.3 is 0 Å². The summed E-state index contributed by atoms with van der Waals surface area (Å²) < 4.78 is 15.7. The van der Waals surface area contributed by atoms with Gasteiger partial charge in [-0.05, 0) is 35.1 Å². The summed E-state index contributed by atoms with van der Waals surface area (Å²) in [5.74, 6) is 0.702. The van der Waals surface area contributed by atoms with Crippen LogP contribution in [0.5, 0.6) is 0 Å². The Bertz CT molecular complexity index is 1260. The van der Waals surface area contributed by atoms with Crippen molar-refractivity contribution in [3.63, 3.8) is 0 Å². The molecule has 252 valence electrons. The molecule has 2 fully saturated rings. The zero-order chi connectivity index (χ0) is 33.1. The maximum absolute atomic E-state index is 9.52. The number of aliphatic hydroxyl groups excluding tert-OH is 1. The third-order valence-electron chi connectivity index (χ3n) is 8.29. The Labute approximate surface area is 286 Å². The Hall–Kier alpha value is -3.07. The average molecular weight is 659 g/mol. The van der Waals surface area contributed by atoms with E-state index < -0.39 is 0 Å². The normalized spacial score (nSPS) is 15.3. The van der Waals surface area contributed by atoms with Gasteiger partial charge in [-0.1, -0.05) is 121 Å². The molecule has 0 saturated carbocycles. The van der Waals surface area contributed by atoms with Crippen molar-refractivity contribution in [2.75, 3.05) is 66.1 Å². The number of halogens is 1. The average Bonchev–Trinajstić information content (AvgIpc) is 3.09. The zero-order valence-electron chi connectivity index (χ0n) is 27.9. The zero-order valence-corrected chi connectivity index (χ0v) is 28.6. The van der Waals surface area contributed by atoms with Crippen LogP contribution in [0.2, 0.25) is 0 Å². The topological polar surface area (TPSA) is 54.4 Å². The molecule has 2 aliphatic rings. The van der Waals surface area contributed by atoms with Crippen LogP contribution in [0.3, 0.4) is 0 Å². The number of β-amino-alcohol motifs (C(OH)–C–C–N with tert-alkyl or cyclic N) is 1. The minimum Gasteiger partial charge on any atom is -0.390 e. The first kappa shape index (κ1) is 36.8. The Kier molecular flexibility index (Phi) is 16.4. The minimum absolute atomic E-state index is 0.167. The Morgan fingerprint density at radius 2 is 0.936 bits per heavy atom. The van der Waals surface area contributed by atoms with Crippen LogP contribution in [0.15, 0.2) is 121 Å². The van der Waals surface area contributed by atoms with Gasteiger partial charge in [-0.3, -0.25) is 9.80 Å². The molecule has 6 nitrogen and oxygen atoms in total. The maximum atomic E-state index is 9.52. The second kappa shape index (κ2) is 21.0. The monoisotopic (exact) mass is 658 g/mol. The highest BCUT2D eigenvalue weighted by Crippen LogP contribution is 2.33. The van der Waals surface area contributed by atoms with E-state index in [1.54, 1.807) is 14.2 Å². The van der Waals surface area contributed by atoms with Crippen molar-refractivity contribution >= 4 is 11.6 Å². The lowest BCUT2D eigenvalue weighted by molar-refractivity contribution is -0.0697. The van der Waals surface area contributed by atoms with E-state index in [0.717, 1.165) is 58.8 Å². The standard InChI is InChI=1S/C20H25NO2.C16H17NO.C4H9ClO/c1-22-13-8-14-23-19-15-21(16-19)20(17-9-4-2-5-10-17)18-11-6-3-7-12-18;18-15-11-17(12-15)16(13-7-3-1-4-8-13)14-9-5-2-6-10-14;1-6-4-2-3-5/h2-7,9-12,19-20H,8,13-16H2,1H3;1-10,15-16,18H,11-12H2;2-4H2,1H3. The van der Waals surface area contributed by atoms with E-state index in [4.69, 9.17) is 25.8 Å². The molecule has 0 radical (unpaired) electrons. The fraction of sp³-hybridized carbons (Fsp3) is 0.400. The highest BCUT2D eigenvalue weighted by atomic mass is 35.5. The van der Waals surface area contributed by atoms with Gasteiger partial charge in [-0.25, -0.2) is 0 Å². The first-order valence-corrected chi connectivity index (χ1v) is 17.2. The molecule has 0 bridgehead atoms. The van der Waals surface area contributed by atoms with Crippen LogP contribution < -0.4 is 0 Å². The van der Waals surface area contributed by atoms with E-state index >= 15 is 0 Å². The highest BCUT2D eigenvalue weighted by Gasteiger charge is 2.34. The molecule has 0 spiro atoms. The number of ether oxygens (including phenoxy) is 3. The quantitative estimate of drug-likeness (QED) is 0.114. The minimum atomic E-state index is -0.167. The van der Waals surface area contributed by atoms with Crippen molar-refractivity contribution in [2.24, 2.45) is 0 Å². The fourth-order valence-corrected chi connectivity index (χ4v) is 6.02. The SMILES string of the molecule is COCCCCl.COCCCOC1CN(C(c2ccccc2)c2ccccc2)C1.OC1CN(C(c2ccccc2)c2ccccc2)C1. The summed E-state index contributed by atoms with van der Waals surface area (Å²) in [6, 6.07) is 43.0. The first-order valence-electron chi connectivity index (χ1n) is 16.7. The molecule has 2 saturated heterocycles. The smallest absolute Gasteiger partial charge is 0.0829 e. The largest absolute Gasteiger partial charge is 0.390 e. The van der Waals surface area contributed by atoms with Crippen molar-refractivity contribution in [3.8, 4) is 0 Å². The summed E-state index contributed by atoms with van der Waals surface area (Å²) in [6.45, 7) is 5.83. The lowest BCUT2D eigenvalue weighted by atomic mass is 9.94. The fourth-order valence-electron chi connectivity index (χ4n) is 5.91. The predicted molar refractivity (Wildman–Crippen MR) is 192 cm³/mol. The van der Waals surface area contributed by atoms with Gasteiger partial charge in [0.05, 0.1) is 24.3 Å². The maximum Gasteiger partial charge on any atom is 0.0829 e. The lowest BCUT2D eigenvalue weighted by Gasteiger charge is -2.44. The molecule has 2 heterocycles. The number of benzene rings is 4. The highest BCUT2D eigenvalue weighted by molar-refractivity contribution is 6.17. The van der Waals surface area contributed by atoms with Crippen molar-refractivity contribution in [3.05, 3.63) is 144 Å². The molecule has 0 atom stereocenters. The van der Waals surface area contributed by atoms with Gasteiger partial charge in [0.2, 0.25) is 0 Å². The van der Waals surface area contributed by atoms with Gasteiger partial charge in [0.15, 0.2) is 0 Å². The van der Waals surface area contributed by atoms with Crippen LogP contribution in [-0.4, -0.2) is 93.2 Å². The second-order valence-electron chi connectivity index (χ2n) is 11.9. The summed E-state index contributed by atoms with van der Waals surface area (Å²) in [7, 11) is 3.40. The number of aliphatic hydroxyl groups is 1. The van der Waals surface area contributed by atoms with Crippen LogP contribution in [0.25, 0.3) is 0 Å². The van der Waals surface area contributed by atoms with Gasteiger partial charge in [0, 0.05) is 66.1 Å². The molecule has 0 aliphatic carbocycles. The van der Waals surface area contributed by atoms with Crippen molar-refractivity contribution in [1.82, 2.24) is 9.80 Å². The number of rotatable bonds is 14. The number of nitrogens with zero attached hydrogens (tertiary/aromatic N) is 2. The molecule has 0 amide bonds. The molecule has 6 rings (SSSR count). The summed E-state index contributed by atoms with van der Waals surface area (Å²) in [4.78, 5) is 4.81. The van der Waals surface area contributed by atoms with Gasteiger partial charge < -0.3 is 19.3 Å². The van der Waals surface area contributed by atoms with E-state index in [9.17, 15) is 5.11 Å². The van der Waals surface area contributed by atoms with Crippen molar-refractivity contribution < 1.29 is 19.3 Å². The summed E-state index contributed by atoms with van der Waals surface area (Å²) >= 11 is 5.30. The molecular weight excluding hydrogens is 608 g/mol. The van der Waals surface area contributed by atoms with Crippen LogP contribution >= 0.6 is 11.6 Å². The Morgan fingerprint density at radius 3 is 1.26 bits per heavy atom. The van der Waals surface area contributed by atoms with E-state index in [0.29, 0.717) is 18.0 Å². The predicted octanol–water partition coefficient (Wildman–Crippen LogP) is 7.23. The van der Waals surface area contributed by atoms with E-state index in [2.05, 4.69) is 119 Å². The molecule has 2 aliphatic heterocycles. The van der Waals surface area contributed by atoms with Crippen LogP contribution in [0, 0.1) is 0 Å². The second-order valence-corrected chi connectivity index (χ2v) is 12.3. The number of methoxy groups -OCH3 is 2. The Morgan fingerprint density at radius 1 is 0.574 bits per heavy atom. The van der Waals surface area contributed by atoms with E-state index in [1.165, 1.54) is 22.3 Å². The molecule has 4 aromatic carbocycles. The third-order valence-corrected chi connectivity index (χ3v) is 8.55. The summed E-state index contributed by atoms with van der Waals surface area (Å²) in [6.07, 6.45) is 2.10. The number of likely N-dealkylation sites (tertiary alicyclic amines) is 2. The van der Waals surface area contributed by atoms with Gasteiger partial charge in [-0.2, -0.15) is 0 Å². The molecular formula is C40H51ClN2O4. The lowest BCUT2D eigenvalue weighted by Crippen LogP contribution is -2.53. The van der Waals surface area contributed by atoms with Gasteiger partial charge in [0.1, 0.15) is 0 Å². The number of hydrogen-bond donors (Lipinski definition) is 1. The van der Waals surface area contributed by atoms with Crippen molar-refractivity contribution in [1.29, 1.82) is 0 Å².